The lowest BCUT2D eigenvalue weighted by molar-refractivity contribution is 0.346. The highest BCUT2D eigenvalue weighted by Crippen LogP contribution is 2.23. The fourth-order valence-electron chi connectivity index (χ4n) is 2.89. The Bertz CT molecular complexity index is 430. The quantitative estimate of drug-likeness (QED) is 0.743. The first-order valence-corrected chi connectivity index (χ1v) is 8.51. The van der Waals surface area contributed by atoms with E-state index in [1.54, 1.807) is 0 Å². The maximum Gasteiger partial charge on any atom is 0.0410 e. The topological polar surface area (TPSA) is 18.5 Å². The van der Waals surface area contributed by atoms with E-state index in [0.717, 1.165) is 37.6 Å². The van der Waals surface area contributed by atoms with Gasteiger partial charge in [-0.15, -0.1) is 0 Å². The molecule has 3 nitrogen and oxygen atoms in total. The number of hydrogen-bond acceptors (Lipinski definition) is 3. The first kappa shape index (κ1) is 16.6. The van der Waals surface area contributed by atoms with E-state index in [0.29, 0.717) is 0 Å². The van der Waals surface area contributed by atoms with Gasteiger partial charge >= 0.3 is 0 Å². The minimum atomic E-state index is 0.819. The zero-order chi connectivity index (χ0) is 15.1. The molecule has 0 amide bonds. The van der Waals surface area contributed by atoms with Gasteiger partial charge in [-0.3, -0.25) is 0 Å². The van der Waals surface area contributed by atoms with Crippen molar-refractivity contribution >= 4 is 17.3 Å². The van der Waals surface area contributed by atoms with Crippen LogP contribution in [0.5, 0.6) is 0 Å². The summed E-state index contributed by atoms with van der Waals surface area (Å²) in [5.74, 6) is 0. The number of hydrogen-bond donors (Lipinski definition) is 1. The Balaban J connectivity index is 1.95. The van der Waals surface area contributed by atoms with Crippen molar-refractivity contribution in [2.75, 3.05) is 44.7 Å². The highest BCUT2D eigenvalue weighted by Gasteiger charge is 2.13. The third-order valence-corrected chi connectivity index (χ3v) is 4.38. The molecule has 1 saturated heterocycles. The van der Waals surface area contributed by atoms with Crippen LogP contribution in [0, 0.1) is 0 Å². The molecule has 21 heavy (non-hydrogen) atoms. The molecule has 0 radical (unpaired) electrons. The normalized spacial score (nSPS) is 15.6. The number of benzene rings is 1. The Morgan fingerprint density at radius 3 is 2.76 bits per heavy atom. The zero-order valence-corrected chi connectivity index (χ0v) is 14.1. The van der Waals surface area contributed by atoms with Crippen LogP contribution >= 0.6 is 11.6 Å². The van der Waals surface area contributed by atoms with Gasteiger partial charge in [-0.1, -0.05) is 18.5 Å². The molecular weight excluding hydrogens is 282 g/mol. The largest absolute Gasteiger partial charge is 0.373 e. The van der Waals surface area contributed by atoms with Gasteiger partial charge < -0.3 is 15.1 Å². The second kappa shape index (κ2) is 8.62. The Hall–Kier alpha value is -0.770. The summed E-state index contributed by atoms with van der Waals surface area (Å²) in [5, 5.41) is 4.29. The molecule has 1 heterocycles. The Morgan fingerprint density at radius 2 is 2.05 bits per heavy atom. The van der Waals surface area contributed by atoms with Crippen molar-refractivity contribution in [2.45, 2.75) is 32.7 Å². The monoisotopic (exact) mass is 309 g/mol. The molecule has 1 aromatic rings. The maximum absolute atomic E-state index is 6.16. The van der Waals surface area contributed by atoms with Gasteiger partial charge in [0.1, 0.15) is 0 Å². The van der Waals surface area contributed by atoms with Gasteiger partial charge in [-0.25, -0.2) is 0 Å². The average Bonchev–Trinajstić information content (AvgIpc) is 2.98. The third kappa shape index (κ3) is 5.17. The van der Waals surface area contributed by atoms with Crippen molar-refractivity contribution in [1.29, 1.82) is 0 Å². The number of nitrogens with one attached hydrogen (secondary N) is 1. The molecule has 4 heteroatoms. The van der Waals surface area contributed by atoms with Crippen LogP contribution in [0.1, 0.15) is 31.7 Å². The molecule has 1 fully saturated rings. The Labute approximate surface area is 134 Å². The number of nitrogens with zero attached hydrogens (tertiary/aromatic N) is 2. The zero-order valence-electron chi connectivity index (χ0n) is 13.4. The highest BCUT2D eigenvalue weighted by molar-refractivity contribution is 6.30. The molecule has 0 bridgehead atoms. The lowest BCUT2D eigenvalue weighted by Crippen LogP contribution is -2.32. The number of halogens is 1. The van der Waals surface area contributed by atoms with E-state index in [1.165, 1.54) is 37.2 Å². The van der Waals surface area contributed by atoms with Crippen molar-refractivity contribution in [1.82, 2.24) is 10.2 Å². The Morgan fingerprint density at radius 1 is 1.29 bits per heavy atom. The maximum atomic E-state index is 6.16. The molecule has 0 atom stereocenters. The first-order valence-electron chi connectivity index (χ1n) is 8.13. The summed E-state index contributed by atoms with van der Waals surface area (Å²) in [6.07, 6.45) is 3.87. The van der Waals surface area contributed by atoms with Crippen molar-refractivity contribution < 1.29 is 0 Å². The van der Waals surface area contributed by atoms with Crippen molar-refractivity contribution in [2.24, 2.45) is 0 Å². The lowest BCUT2D eigenvalue weighted by atomic mass is 10.1. The summed E-state index contributed by atoms with van der Waals surface area (Å²) >= 11 is 6.16. The fraction of sp³-hybridized carbons (Fsp3) is 0.647. The fourth-order valence-corrected chi connectivity index (χ4v) is 3.08. The van der Waals surface area contributed by atoms with Crippen LogP contribution < -0.4 is 10.2 Å². The first-order chi connectivity index (χ1) is 10.2. The average molecular weight is 310 g/mol. The molecule has 0 spiro atoms. The number of likely N-dealkylation sites (tertiary alicyclic amines) is 1. The predicted molar refractivity (Wildman–Crippen MR) is 92.4 cm³/mol. The number of anilines is 1. The molecule has 2 rings (SSSR count). The van der Waals surface area contributed by atoms with Crippen molar-refractivity contribution in [3.8, 4) is 0 Å². The molecule has 0 aromatic heterocycles. The Kier molecular flexibility index (Phi) is 6.81. The SMILES string of the molecule is CCCNCc1cc(Cl)ccc1N(C)CCN1CCCC1. The molecule has 118 valence electrons. The van der Waals surface area contributed by atoms with Crippen molar-refractivity contribution in [3.63, 3.8) is 0 Å². The van der Waals surface area contributed by atoms with Crippen LogP contribution in [0.3, 0.4) is 0 Å². The molecule has 0 saturated carbocycles. The van der Waals surface area contributed by atoms with Crippen LogP contribution in [-0.2, 0) is 6.54 Å². The molecular formula is C17H28ClN3. The molecule has 1 N–H and O–H groups in total. The van der Waals surface area contributed by atoms with E-state index in [9.17, 15) is 0 Å². The van der Waals surface area contributed by atoms with Gasteiger partial charge in [0.05, 0.1) is 0 Å². The van der Waals surface area contributed by atoms with Gasteiger partial charge in [0.25, 0.3) is 0 Å². The minimum absolute atomic E-state index is 0.819. The summed E-state index contributed by atoms with van der Waals surface area (Å²) in [5.41, 5.74) is 2.59. The van der Waals surface area contributed by atoms with Gasteiger partial charge in [0.15, 0.2) is 0 Å². The van der Waals surface area contributed by atoms with Gasteiger partial charge in [-0.2, -0.15) is 0 Å². The van der Waals surface area contributed by atoms with Crippen LogP contribution in [0.25, 0.3) is 0 Å². The second-order valence-corrected chi connectivity index (χ2v) is 6.36. The molecule has 1 aromatic carbocycles. The van der Waals surface area contributed by atoms with E-state index in [2.05, 4.69) is 41.2 Å². The van der Waals surface area contributed by atoms with E-state index >= 15 is 0 Å². The summed E-state index contributed by atoms with van der Waals surface area (Å²) in [6, 6.07) is 6.23. The van der Waals surface area contributed by atoms with Gasteiger partial charge in [0, 0.05) is 37.4 Å². The molecule has 1 aliphatic heterocycles. The smallest absolute Gasteiger partial charge is 0.0410 e. The van der Waals surface area contributed by atoms with E-state index in [1.807, 2.05) is 6.07 Å². The van der Waals surface area contributed by atoms with Crippen LogP contribution in [0.15, 0.2) is 18.2 Å². The second-order valence-electron chi connectivity index (χ2n) is 5.92. The third-order valence-electron chi connectivity index (χ3n) is 4.15. The predicted octanol–water partition coefficient (Wildman–Crippen LogP) is 3.37. The number of rotatable bonds is 8. The minimum Gasteiger partial charge on any atom is -0.373 e. The molecule has 0 aliphatic carbocycles. The highest BCUT2D eigenvalue weighted by atomic mass is 35.5. The van der Waals surface area contributed by atoms with E-state index in [4.69, 9.17) is 11.6 Å². The van der Waals surface area contributed by atoms with Crippen molar-refractivity contribution in [3.05, 3.63) is 28.8 Å². The van der Waals surface area contributed by atoms with Gasteiger partial charge in [0.2, 0.25) is 0 Å². The molecule has 1 aliphatic rings. The standard InChI is InChI=1S/C17H28ClN3/c1-3-8-19-14-15-13-16(18)6-7-17(15)20(2)11-12-21-9-4-5-10-21/h6-7,13,19H,3-5,8-12,14H2,1-2H3. The lowest BCUT2D eigenvalue weighted by Gasteiger charge is -2.25. The van der Waals surface area contributed by atoms with Crippen LogP contribution in [0.2, 0.25) is 5.02 Å². The van der Waals surface area contributed by atoms with Gasteiger partial charge in [-0.05, 0) is 62.7 Å². The summed E-state index contributed by atoms with van der Waals surface area (Å²) < 4.78 is 0. The summed E-state index contributed by atoms with van der Waals surface area (Å²) in [7, 11) is 2.18. The summed E-state index contributed by atoms with van der Waals surface area (Å²) in [6.45, 7) is 8.87. The van der Waals surface area contributed by atoms with E-state index in [-0.39, 0.29) is 0 Å². The van der Waals surface area contributed by atoms with Crippen LogP contribution in [0.4, 0.5) is 5.69 Å². The van der Waals surface area contributed by atoms with Crippen LogP contribution in [-0.4, -0.2) is 44.7 Å². The van der Waals surface area contributed by atoms with E-state index < -0.39 is 0 Å². The molecule has 0 unspecified atom stereocenters. The summed E-state index contributed by atoms with van der Waals surface area (Å²) in [4.78, 5) is 4.92. The number of likely N-dealkylation sites (N-methyl/N-ethyl adjacent to an activating group) is 1.